The van der Waals surface area contributed by atoms with E-state index in [2.05, 4.69) is 20.9 Å². The fraction of sp³-hybridized carbons (Fsp3) is 0.190. The average molecular weight is 503 g/mol. The van der Waals surface area contributed by atoms with Gasteiger partial charge in [-0.25, -0.2) is 4.90 Å². The Hall–Kier alpha value is -2.36. The minimum atomic E-state index is -0.592. The summed E-state index contributed by atoms with van der Waals surface area (Å²) in [5.74, 6) is -0.799. The Bertz CT molecular complexity index is 1200. The van der Waals surface area contributed by atoms with Gasteiger partial charge in [0, 0.05) is 15.3 Å². The van der Waals surface area contributed by atoms with E-state index in [9.17, 15) is 14.4 Å². The number of methoxy groups -OCH3 is 1. The highest BCUT2D eigenvalue weighted by Crippen LogP contribution is 2.53. The molecule has 3 atom stereocenters. The van der Waals surface area contributed by atoms with Crippen molar-refractivity contribution in [2.45, 2.75) is 16.2 Å². The molecule has 1 N–H and O–H groups in total. The number of thiazole rings is 1. The molecule has 3 heterocycles. The Morgan fingerprint density at radius 3 is 2.37 bits per heavy atom. The molecule has 0 spiro atoms. The monoisotopic (exact) mass is 502 g/mol. The molecular formula is C21H15BrN2O4S2. The summed E-state index contributed by atoms with van der Waals surface area (Å²) in [6.45, 7) is 0. The quantitative estimate of drug-likeness (QED) is 0.547. The average Bonchev–Trinajstić information content (AvgIpc) is 3.24. The number of carbonyl (C=O) groups excluding carboxylic acids is 2. The van der Waals surface area contributed by atoms with Crippen molar-refractivity contribution in [1.29, 1.82) is 0 Å². The predicted molar refractivity (Wildman–Crippen MR) is 120 cm³/mol. The summed E-state index contributed by atoms with van der Waals surface area (Å²) >= 11 is 5.82. The minimum Gasteiger partial charge on any atom is -0.497 e. The second kappa shape index (κ2) is 7.40. The number of nitrogens with one attached hydrogen (secondary N) is 1. The summed E-state index contributed by atoms with van der Waals surface area (Å²) in [5.41, 5.74) is 1.43. The zero-order valence-corrected chi connectivity index (χ0v) is 18.8. The molecule has 1 aromatic heterocycles. The number of imide groups is 1. The maximum atomic E-state index is 13.5. The minimum absolute atomic E-state index is 0.179. The van der Waals surface area contributed by atoms with Gasteiger partial charge in [0.2, 0.25) is 11.8 Å². The number of hydrogen-bond donors (Lipinski definition) is 1. The maximum Gasteiger partial charge on any atom is 0.305 e. The lowest BCUT2D eigenvalue weighted by Crippen LogP contribution is -2.32. The van der Waals surface area contributed by atoms with Crippen molar-refractivity contribution in [3.8, 4) is 5.75 Å². The van der Waals surface area contributed by atoms with Gasteiger partial charge in [0.15, 0.2) is 0 Å². The Morgan fingerprint density at radius 2 is 1.70 bits per heavy atom. The standard InChI is InChI=1S/C21H15BrN2O4S2/c1-28-13-8-6-12(7-9-13)24-19(25)15-14(10-2-4-11(22)5-3-10)16-18(23-21(27)30-16)29-17(15)20(24)26/h2-9,14-15,17H,1H3,(H,23,27)/t14-,15?,17?/m1/s1. The summed E-state index contributed by atoms with van der Waals surface area (Å²) in [4.78, 5) is 43.7. The van der Waals surface area contributed by atoms with E-state index < -0.39 is 11.2 Å². The Morgan fingerprint density at radius 1 is 1.00 bits per heavy atom. The van der Waals surface area contributed by atoms with E-state index in [4.69, 9.17) is 4.74 Å². The number of fused-ring (bicyclic) bond motifs is 2. The first kappa shape index (κ1) is 19.6. The highest BCUT2D eigenvalue weighted by molar-refractivity contribution is 9.10. The third-order valence-electron chi connectivity index (χ3n) is 5.38. The molecule has 0 radical (unpaired) electrons. The van der Waals surface area contributed by atoms with Gasteiger partial charge in [0.25, 0.3) is 0 Å². The lowest BCUT2D eigenvalue weighted by molar-refractivity contribution is -0.122. The van der Waals surface area contributed by atoms with Crippen molar-refractivity contribution < 1.29 is 14.3 Å². The van der Waals surface area contributed by atoms with Gasteiger partial charge >= 0.3 is 4.87 Å². The number of aromatic amines is 1. The molecule has 0 aliphatic carbocycles. The number of rotatable bonds is 3. The molecule has 3 aromatic rings. The molecule has 30 heavy (non-hydrogen) atoms. The highest BCUT2D eigenvalue weighted by atomic mass is 79.9. The van der Waals surface area contributed by atoms with Crippen LogP contribution in [0.4, 0.5) is 5.69 Å². The Kier molecular flexibility index (Phi) is 4.83. The van der Waals surface area contributed by atoms with Crippen LogP contribution in [-0.2, 0) is 9.59 Å². The molecule has 1 fully saturated rings. The van der Waals surface area contributed by atoms with Gasteiger partial charge in [-0.2, -0.15) is 0 Å². The van der Waals surface area contributed by atoms with E-state index in [0.29, 0.717) is 16.5 Å². The van der Waals surface area contributed by atoms with E-state index in [0.717, 1.165) is 26.3 Å². The number of benzene rings is 2. The predicted octanol–water partition coefficient (Wildman–Crippen LogP) is 4.00. The molecule has 5 rings (SSSR count). The molecule has 2 aromatic carbocycles. The molecule has 9 heteroatoms. The SMILES string of the molecule is COc1ccc(N2C(=O)C3Sc4[nH]c(=O)sc4[C@H](c4ccc(Br)cc4)C3C2=O)cc1. The van der Waals surface area contributed by atoms with Crippen molar-refractivity contribution in [2.24, 2.45) is 5.92 Å². The van der Waals surface area contributed by atoms with E-state index in [1.54, 1.807) is 31.4 Å². The van der Waals surface area contributed by atoms with E-state index in [1.807, 2.05) is 24.3 Å². The maximum absolute atomic E-state index is 13.5. The molecule has 6 nitrogen and oxygen atoms in total. The largest absolute Gasteiger partial charge is 0.497 e. The Labute approximate surface area is 188 Å². The van der Waals surface area contributed by atoms with Crippen LogP contribution in [-0.4, -0.2) is 29.2 Å². The molecule has 152 valence electrons. The van der Waals surface area contributed by atoms with Gasteiger partial charge in [-0.1, -0.05) is 51.2 Å². The molecular weight excluding hydrogens is 488 g/mol. The molecule has 2 amide bonds. The van der Waals surface area contributed by atoms with Crippen LogP contribution in [0.5, 0.6) is 5.75 Å². The van der Waals surface area contributed by atoms with Crippen molar-refractivity contribution in [2.75, 3.05) is 12.0 Å². The molecule has 1 saturated heterocycles. The van der Waals surface area contributed by atoms with Gasteiger partial charge in [0.1, 0.15) is 11.0 Å². The number of amides is 2. The normalized spacial score (nSPS) is 22.7. The molecule has 0 saturated carbocycles. The van der Waals surface area contributed by atoms with Crippen molar-refractivity contribution in [3.63, 3.8) is 0 Å². The van der Waals surface area contributed by atoms with Crippen LogP contribution >= 0.6 is 39.0 Å². The topological polar surface area (TPSA) is 79.5 Å². The van der Waals surface area contributed by atoms with Gasteiger partial charge in [0.05, 0.1) is 23.7 Å². The first-order valence-electron chi connectivity index (χ1n) is 9.15. The molecule has 2 aliphatic heterocycles. The van der Waals surface area contributed by atoms with Gasteiger partial charge < -0.3 is 9.72 Å². The first-order valence-corrected chi connectivity index (χ1v) is 11.6. The number of anilines is 1. The zero-order chi connectivity index (χ0) is 21.0. The van der Waals surface area contributed by atoms with Crippen molar-refractivity contribution in [1.82, 2.24) is 4.98 Å². The van der Waals surface area contributed by atoms with Crippen LogP contribution in [0.2, 0.25) is 0 Å². The van der Waals surface area contributed by atoms with E-state index in [-0.39, 0.29) is 22.6 Å². The lowest BCUT2D eigenvalue weighted by atomic mass is 9.83. The first-order chi connectivity index (χ1) is 14.5. The smallest absolute Gasteiger partial charge is 0.305 e. The molecule has 0 bridgehead atoms. The van der Waals surface area contributed by atoms with Crippen LogP contribution in [0.3, 0.4) is 0 Å². The fourth-order valence-electron chi connectivity index (χ4n) is 4.03. The summed E-state index contributed by atoms with van der Waals surface area (Å²) in [6.07, 6.45) is 0. The zero-order valence-electron chi connectivity index (χ0n) is 15.6. The van der Waals surface area contributed by atoms with Crippen molar-refractivity contribution >= 4 is 56.5 Å². The number of halogens is 1. The number of nitrogens with zero attached hydrogens (tertiary/aromatic N) is 1. The lowest BCUT2D eigenvalue weighted by Gasteiger charge is -2.29. The van der Waals surface area contributed by atoms with E-state index in [1.165, 1.54) is 16.7 Å². The molecule has 2 unspecified atom stereocenters. The van der Waals surface area contributed by atoms with Crippen molar-refractivity contribution in [3.05, 3.63) is 73.1 Å². The second-order valence-corrected chi connectivity index (χ2v) is 10.1. The number of thioether (sulfide) groups is 1. The van der Waals surface area contributed by atoms with Gasteiger partial charge in [-0.05, 0) is 42.0 Å². The summed E-state index contributed by atoms with van der Waals surface area (Å²) in [6, 6.07) is 14.6. The third kappa shape index (κ3) is 3.03. The van der Waals surface area contributed by atoms with Crippen LogP contribution in [0.15, 0.2) is 62.8 Å². The third-order valence-corrected chi connectivity index (χ3v) is 8.31. The summed E-state index contributed by atoms with van der Waals surface area (Å²) in [5, 5.41) is 0.0860. The number of hydrogen-bond acceptors (Lipinski definition) is 6. The fourth-order valence-corrected chi connectivity index (χ4v) is 6.81. The van der Waals surface area contributed by atoms with Crippen LogP contribution < -0.4 is 14.5 Å². The molecule has 2 aliphatic rings. The highest BCUT2D eigenvalue weighted by Gasteiger charge is 2.56. The number of ether oxygens (including phenoxy) is 1. The van der Waals surface area contributed by atoms with Crippen LogP contribution in [0, 0.1) is 5.92 Å². The second-order valence-electron chi connectivity index (χ2n) is 7.01. The van der Waals surface area contributed by atoms with E-state index >= 15 is 0 Å². The number of aromatic nitrogens is 1. The van der Waals surface area contributed by atoms with Gasteiger partial charge in [-0.3, -0.25) is 14.4 Å². The van der Waals surface area contributed by atoms with Crippen LogP contribution in [0.25, 0.3) is 0 Å². The Balaban J connectivity index is 1.62. The summed E-state index contributed by atoms with van der Waals surface area (Å²) in [7, 11) is 1.56. The van der Waals surface area contributed by atoms with Gasteiger partial charge in [-0.15, -0.1) is 0 Å². The number of carbonyl (C=O) groups is 2. The number of H-pyrrole nitrogens is 1. The summed E-state index contributed by atoms with van der Waals surface area (Å²) < 4.78 is 6.10. The van der Waals surface area contributed by atoms with Crippen LogP contribution in [0.1, 0.15) is 16.4 Å².